The van der Waals surface area contributed by atoms with Gasteiger partial charge in [0.1, 0.15) is 23.8 Å². The van der Waals surface area contributed by atoms with E-state index < -0.39 is 18.2 Å². The van der Waals surface area contributed by atoms with Gasteiger partial charge in [-0.3, -0.25) is 9.59 Å². The Labute approximate surface area is 295 Å². The Kier molecular flexibility index (Phi) is 9.67. The second-order valence-electron chi connectivity index (χ2n) is 13.1. The fourth-order valence-corrected chi connectivity index (χ4v) is 7.21. The van der Waals surface area contributed by atoms with Crippen LogP contribution in [-0.4, -0.2) is 77.0 Å². The van der Waals surface area contributed by atoms with Crippen LogP contribution >= 0.6 is 0 Å². The summed E-state index contributed by atoms with van der Waals surface area (Å²) in [6.07, 6.45) is 4.93. The fourth-order valence-electron chi connectivity index (χ4n) is 7.21. The zero-order valence-electron chi connectivity index (χ0n) is 28.3. The number of aliphatic hydroxyl groups is 1. The third-order valence-electron chi connectivity index (χ3n) is 9.94. The van der Waals surface area contributed by atoms with Crippen molar-refractivity contribution in [3.63, 3.8) is 0 Å². The van der Waals surface area contributed by atoms with Gasteiger partial charge in [0.25, 0.3) is 11.8 Å². The molecule has 0 saturated carbocycles. The lowest BCUT2D eigenvalue weighted by Gasteiger charge is -2.28. The Morgan fingerprint density at radius 3 is 1.69 bits per heavy atom. The van der Waals surface area contributed by atoms with Crippen molar-refractivity contribution in [3.8, 4) is 33.6 Å². The van der Waals surface area contributed by atoms with Crippen molar-refractivity contribution >= 4 is 17.9 Å². The second kappa shape index (κ2) is 14.6. The molecular weight excluding hydrogens is 646 g/mol. The van der Waals surface area contributed by atoms with Crippen molar-refractivity contribution in [3.05, 3.63) is 108 Å². The van der Waals surface area contributed by atoms with Gasteiger partial charge in [-0.25, -0.2) is 14.8 Å². The number of rotatable bonds is 10. The number of H-pyrrole nitrogens is 2. The maximum absolute atomic E-state index is 13.7. The van der Waals surface area contributed by atoms with E-state index in [0.717, 1.165) is 65.1 Å². The van der Waals surface area contributed by atoms with Gasteiger partial charge in [0.05, 0.1) is 35.9 Å². The first kappa shape index (κ1) is 33.7. The number of aromatic nitrogens is 4. The van der Waals surface area contributed by atoms with Gasteiger partial charge in [-0.2, -0.15) is 0 Å². The van der Waals surface area contributed by atoms with E-state index in [4.69, 9.17) is 0 Å². The molecule has 2 fully saturated rings. The number of carbonyl (C=O) groups excluding carboxylic acids is 2. The Morgan fingerprint density at radius 1 is 0.745 bits per heavy atom. The average Bonchev–Trinajstić information content (AvgIpc) is 4.00. The summed E-state index contributed by atoms with van der Waals surface area (Å²) in [5, 5.41) is 22.0. The zero-order valence-corrected chi connectivity index (χ0v) is 28.3. The topological polar surface area (TPSA) is 168 Å². The van der Waals surface area contributed by atoms with Gasteiger partial charge in [0, 0.05) is 13.1 Å². The number of nitrogens with one attached hydrogen (secondary N) is 3. The molecule has 12 heteroatoms. The molecule has 3 aromatic carbocycles. The number of aromatic amines is 2. The molecule has 3 amide bonds. The molecule has 0 aliphatic carbocycles. The Balaban J connectivity index is 1.02. The summed E-state index contributed by atoms with van der Waals surface area (Å²) in [6.45, 7) is 2.94. The summed E-state index contributed by atoms with van der Waals surface area (Å²) in [5.41, 5.74) is 6.34. The molecule has 0 bridgehead atoms. The molecule has 7 rings (SSSR count). The molecule has 4 heterocycles. The lowest BCUT2D eigenvalue weighted by molar-refractivity contribution is -0.141. The summed E-state index contributed by atoms with van der Waals surface area (Å²) >= 11 is 0. The van der Waals surface area contributed by atoms with E-state index in [0.29, 0.717) is 30.9 Å². The van der Waals surface area contributed by atoms with Gasteiger partial charge in [-0.05, 0) is 59.9 Å². The molecule has 5 N–H and O–H groups in total. The van der Waals surface area contributed by atoms with Crippen molar-refractivity contribution in [2.24, 2.45) is 0 Å². The maximum Gasteiger partial charge on any atom is 0.405 e. The number of carboxylic acid groups (broad SMARTS) is 1. The number of amides is 3. The van der Waals surface area contributed by atoms with E-state index in [-0.39, 0.29) is 23.9 Å². The van der Waals surface area contributed by atoms with Crippen LogP contribution in [0.5, 0.6) is 0 Å². The van der Waals surface area contributed by atoms with Gasteiger partial charge in [-0.1, -0.05) is 85.8 Å². The minimum Gasteiger partial charge on any atom is -0.465 e. The van der Waals surface area contributed by atoms with Crippen molar-refractivity contribution in [1.29, 1.82) is 0 Å². The summed E-state index contributed by atoms with van der Waals surface area (Å²) in [7, 11) is 0. The Morgan fingerprint density at radius 2 is 1.22 bits per heavy atom. The number of imidazole rings is 2. The first-order valence-electron chi connectivity index (χ1n) is 17.4. The predicted octanol–water partition coefficient (Wildman–Crippen LogP) is 6.24. The first-order valence-corrected chi connectivity index (χ1v) is 17.4. The quantitative estimate of drug-likeness (QED) is 0.116. The monoisotopic (exact) mass is 687 g/mol. The van der Waals surface area contributed by atoms with Crippen molar-refractivity contribution in [2.75, 3.05) is 13.1 Å². The van der Waals surface area contributed by atoms with Crippen LogP contribution in [0.15, 0.2) is 91.3 Å². The molecule has 51 heavy (non-hydrogen) atoms. The van der Waals surface area contributed by atoms with Crippen LogP contribution in [0.4, 0.5) is 4.79 Å². The van der Waals surface area contributed by atoms with Crippen molar-refractivity contribution in [2.45, 2.75) is 63.3 Å². The van der Waals surface area contributed by atoms with Crippen LogP contribution in [0.25, 0.3) is 33.6 Å². The molecule has 0 spiro atoms. The van der Waals surface area contributed by atoms with Crippen molar-refractivity contribution < 1.29 is 24.6 Å². The van der Waals surface area contributed by atoms with Gasteiger partial charge >= 0.3 is 6.09 Å². The summed E-state index contributed by atoms with van der Waals surface area (Å²) in [5.74, 6) is 0.871. The van der Waals surface area contributed by atoms with E-state index in [1.165, 1.54) is 0 Å². The lowest BCUT2D eigenvalue weighted by atomic mass is 10.0. The molecule has 262 valence electrons. The number of aliphatic hydroxyl groups excluding tert-OH is 1. The molecular formula is C39H41N7O5. The Bertz CT molecular complexity index is 1990. The van der Waals surface area contributed by atoms with E-state index >= 15 is 0 Å². The molecule has 2 saturated heterocycles. The number of nitrogens with zero attached hydrogens (tertiary/aromatic N) is 4. The second-order valence-corrected chi connectivity index (χ2v) is 13.1. The minimum absolute atomic E-state index is 0.163. The highest BCUT2D eigenvalue weighted by Crippen LogP contribution is 2.35. The van der Waals surface area contributed by atoms with Crippen LogP contribution in [-0.2, 0) is 9.59 Å². The molecule has 5 aromatic rings. The predicted molar refractivity (Wildman–Crippen MR) is 191 cm³/mol. The number of benzene rings is 3. The smallest absolute Gasteiger partial charge is 0.405 e. The van der Waals surface area contributed by atoms with E-state index in [1.807, 2.05) is 30.3 Å². The molecule has 2 aliphatic rings. The van der Waals surface area contributed by atoms with Crippen LogP contribution in [0.2, 0.25) is 0 Å². The third kappa shape index (κ3) is 7.00. The SMILES string of the molecule is CC[C@H](O)C(=O)N1CCCC1c1ncc(-c2ccc(-c3ccc(-c4cnc([C@@H]5CCCN5C(=O)[C@H](NC(=O)O)c5ccccc5)[nH]4)cc3)cc2)[nH]1. The standard InChI is InChI=1S/C39H41N7O5/c1-2-33(47)37(48)45-20-6-10-31(45)35-40-22-29(42-35)26-16-12-24(13-17-26)25-14-18-27(19-15-25)30-23-41-36(43-30)32-11-7-21-46(32)38(49)34(44-39(50)51)28-8-4-3-5-9-28/h3-5,8-9,12-19,22-23,31-34,44,47H,2,6-7,10-11,20-21H2,1H3,(H,40,42)(H,41,43)(H,50,51)/t31?,32-,33-,34+/m0/s1. The summed E-state index contributed by atoms with van der Waals surface area (Å²) in [4.78, 5) is 57.5. The molecule has 1 unspecified atom stereocenters. The van der Waals surface area contributed by atoms with E-state index in [2.05, 4.69) is 49.5 Å². The van der Waals surface area contributed by atoms with Crippen LogP contribution in [0, 0.1) is 0 Å². The lowest BCUT2D eigenvalue weighted by Crippen LogP contribution is -2.42. The van der Waals surface area contributed by atoms with Crippen molar-refractivity contribution in [1.82, 2.24) is 35.1 Å². The van der Waals surface area contributed by atoms with Crippen LogP contribution in [0.1, 0.15) is 74.4 Å². The van der Waals surface area contributed by atoms with Crippen LogP contribution in [0.3, 0.4) is 0 Å². The summed E-state index contributed by atoms with van der Waals surface area (Å²) in [6, 6.07) is 23.8. The minimum atomic E-state index is -1.25. The Hall–Kier alpha value is -5.75. The van der Waals surface area contributed by atoms with Gasteiger partial charge in [0.2, 0.25) is 0 Å². The zero-order chi connectivity index (χ0) is 35.5. The first-order chi connectivity index (χ1) is 24.8. The third-order valence-corrected chi connectivity index (χ3v) is 9.94. The van der Waals surface area contributed by atoms with E-state index in [9.17, 15) is 24.6 Å². The van der Waals surface area contributed by atoms with Gasteiger partial charge in [0.15, 0.2) is 0 Å². The molecule has 0 radical (unpaired) electrons. The highest BCUT2D eigenvalue weighted by Gasteiger charge is 2.37. The normalized spacial score (nSPS) is 18.5. The number of carbonyl (C=O) groups is 3. The highest BCUT2D eigenvalue weighted by atomic mass is 16.4. The van der Waals surface area contributed by atoms with E-state index in [1.54, 1.807) is 53.4 Å². The number of likely N-dealkylation sites (tertiary alicyclic amines) is 2. The van der Waals surface area contributed by atoms with Crippen LogP contribution < -0.4 is 5.32 Å². The fraction of sp³-hybridized carbons (Fsp3) is 0.308. The molecule has 4 atom stereocenters. The molecule has 12 nitrogen and oxygen atoms in total. The largest absolute Gasteiger partial charge is 0.465 e. The average molecular weight is 688 g/mol. The summed E-state index contributed by atoms with van der Waals surface area (Å²) < 4.78 is 0. The molecule has 2 aliphatic heterocycles. The van der Waals surface area contributed by atoms with Gasteiger partial charge < -0.3 is 35.3 Å². The molecule has 2 aromatic heterocycles. The van der Waals surface area contributed by atoms with Gasteiger partial charge in [-0.15, -0.1) is 0 Å². The number of hydrogen-bond acceptors (Lipinski definition) is 6. The number of hydrogen-bond donors (Lipinski definition) is 5. The maximum atomic E-state index is 13.7. The highest BCUT2D eigenvalue weighted by molar-refractivity contribution is 5.87.